The molecule has 0 spiro atoms. The minimum atomic E-state index is -0.464. The predicted molar refractivity (Wildman–Crippen MR) is 111 cm³/mol. The van der Waals surface area contributed by atoms with Crippen molar-refractivity contribution >= 4 is 11.8 Å². The fourth-order valence-electron chi connectivity index (χ4n) is 3.22. The average Bonchev–Trinajstić information content (AvgIpc) is 2.59. The molecule has 0 aliphatic heterocycles. The van der Waals surface area contributed by atoms with Crippen LogP contribution in [-0.4, -0.2) is 11.8 Å². The Morgan fingerprint density at radius 1 is 0.731 bits per heavy atom. The third-order valence-corrected chi connectivity index (χ3v) is 4.92. The first-order chi connectivity index (χ1) is 12.6. The highest BCUT2D eigenvalue weighted by Gasteiger charge is 2.16. The molecule has 0 heterocycles. The summed E-state index contributed by atoms with van der Waals surface area (Å²) < 4.78 is 0. The fraction of sp³-hybridized carbons (Fsp3) is 0.818. The summed E-state index contributed by atoms with van der Waals surface area (Å²) in [6.07, 6.45) is 23.2. The molecule has 152 valence electrons. The van der Waals surface area contributed by atoms with Crippen LogP contribution in [0.5, 0.6) is 0 Å². The third-order valence-electron chi connectivity index (χ3n) is 4.92. The maximum Gasteiger partial charge on any atom is 0.221 e. The van der Waals surface area contributed by atoms with Crippen molar-refractivity contribution in [2.24, 2.45) is 17.4 Å². The van der Waals surface area contributed by atoms with Crippen LogP contribution in [0.1, 0.15) is 110 Å². The SMILES string of the molecule is CCCCCCCCCCCCCCC=CCCC(CC(N)=O)C(N)=O. The number of rotatable bonds is 19. The van der Waals surface area contributed by atoms with E-state index in [0.717, 1.165) is 12.8 Å². The van der Waals surface area contributed by atoms with Gasteiger partial charge in [0.25, 0.3) is 0 Å². The minimum absolute atomic E-state index is 0.0575. The Kier molecular flexibility index (Phi) is 17.5. The van der Waals surface area contributed by atoms with Crippen LogP contribution in [0.15, 0.2) is 12.2 Å². The molecule has 0 aromatic heterocycles. The van der Waals surface area contributed by atoms with Crippen LogP contribution in [-0.2, 0) is 9.59 Å². The van der Waals surface area contributed by atoms with Gasteiger partial charge in [0.15, 0.2) is 0 Å². The van der Waals surface area contributed by atoms with Gasteiger partial charge in [-0.05, 0) is 25.7 Å². The summed E-state index contributed by atoms with van der Waals surface area (Å²) in [5, 5.41) is 0. The topological polar surface area (TPSA) is 86.2 Å². The summed E-state index contributed by atoms with van der Waals surface area (Å²) in [7, 11) is 0. The zero-order valence-corrected chi connectivity index (χ0v) is 17.0. The first kappa shape index (κ1) is 24.7. The zero-order valence-electron chi connectivity index (χ0n) is 17.0. The molecule has 0 rings (SSSR count). The van der Waals surface area contributed by atoms with Gasteiger partial charge in [0.05, 0.1) is 0 Å². The number of hydrogen-bond donors (Lipinski definition) is 2. The van der Waals surface area contributed by atoms with E-state index >= 15 is 0 Å². The molecule has 26 heavy (non-hydrogen) atoms. The highest BCUT2D eigenvalue weighted by atomic mass is 16.2. The molecule has 0 fully saturated rings. The molecule has 0 radical (unpaired) electrons. The number of unbranched alkanes of at least 4 members (excludes halogenated alkanes) is 12. The summed E-state index contributed by atoms with van der Waals surface area (Å²) >= 11 is 0. The standard InChI is InChI=1S/C22H42N2O2/c1-2-3-4-5-6-7-8-9-10-11-12-13-14-15-16-17-18-20(22(24)26)19-21(23)25/h15-16,20H,2-14,17-19H2,1H3,(H2,23,25)(H2,24,26). The van der Waals surface area contributed by atoms with E-state index in [2.05, 4.69) is 19.1 Å². The monoisotopic (exact) mass is 366 g/mol. The first-order valence-corrected chi connectivity index (χ1v) is 10.8. The van der Waals surface area contributed by atoms with Gasteiger partial charge in [-0.1, -0.05) is 89.7 Å². The Labute approximate surface area is 161 Å². The summed E-state index contributed by atoms with van der Waals surface area (Å²) in [5.74, 6) is -1.32. The smallest absolute Gasteiger partial charge is 0.221 e. The van der Waals surface area contributed by atoms with Crippen molar-refractivity contribution in [1.29, 1.82) is 0 Å². The number of primary amides is 2. The average molecular weight is 367 g/mol. The van der Waals surface area contributed by atoms with Crippen LogP contribution in [0.25, 0.3) is 0 Å². The molecule has 0 saturated heterocycles. The molecule has 1 unspecified atom stereocenters. The van der Waals surface area contributed by atoms with E-state index in [1.165, 1.54) is 77.0 Å². The largest absolute Gasteiger partial charge is 0.370 e. The van der Waals surface area contributed by atoms with E-state index in [1.807, 2.05) is 0 Å². The van der Waals surface area contributed by atoms with Gasteiger partial charge in [0.2, 0.25) is 11.8 Å². The van der Waals surface area contributed by atoms with E-state index in [1.54, 1.807) is 0 Å². The molecule has 1 atom stereocenters. The second kappa shape index (κ2) is 18.5. The summed E-state index contributed by atoms with van der Waals surface area (Å²) in [5.41, 5.74) is 10.4. The predicted octanol–water partition coefficient (Wildman–Crippen LogP) is 5.39. The van der Waals surface area contributed by atoms with Crippen molar-refractivity contribution in [3.63, 3.8) is 0 Å². The maximum absolute atomic E-state index is 11.2. The van der Waals surface area contributed by atoms with Gasteiger partial charge in [-0.15, -0.1) is 0 Å². The highest BCUT2D eigenvalue weighted by Crippen LogP contribution is 2.13. The Morgan fingerprint density at radius 2 is 1.19 bits per heavy atom. The van der Waals surface area contributed by atoms with Crippen LogP contribution >= 0.6 is 0 Å². The molecule has 4 N–H and O–H groups in total. The van der Waals surface area contributed by atoms with Gasteiger partial charge in [0.1, 0.15) is 0 Å². The van der Waals surface area contributed by atoms with Crippen LogP contribution in [0.3, 0.4) is 0 Å². The number of carbonyl (C=O) groups is 2. The van der Waals surface area contributed by atoms with Crippen molar-refractivity contribution in [3.8, 4) is 0 Å². The van der Waals surface area contributed by atoms with Crippen LogP contribution < -0.4 is 11.5 Å². The highest BCUT2D eigenvalue weighted by molar-refractivity contribution is 5.83. The van der Waals surface area contributed by atoms with E-state index in [-0.39, 0.29) is 6.42 Å². The van der Waals surface area contributed by atoms with E-state index < -0.39 is 17.7 Å². The zero-order chi connectivity index (χ0) is 19.5. The summed E-state index contributed by atoms with van der Waals surface area (Å²) in [4.78, 5) is 22.1. The molecule has 4 heteroatoms. The number of carbonyl (C=O) groups excluding carboxylic acids is 2. The lowest BCUT2D eigenvalue weighted by Crippen LogP contribution is -2.28. The molecule has 0 aliphatic rings. The van der Waals surface area contributed by atoms with Gasteiger partial charge in [0, 0.05) is 12.3 Å². The van der Waals surface area contributed by atoms with E-state index in [4.69, 9.17) is 11.5 Å². The number of amides is 2. The van der Waals surface area contributed by atoms with Crippen LogP contribution in [0, 0.1) is 5.92 Å². The molecule has 0 aliphatic carbocycles. The van der Waals surface area contributed by atoms with Crippen molar-refractivity contribution in [2.75, 3.05) is 0 Å². The lowest BCUT2D eigenvalue weighted by Gasteiger charge is -2.09. The Bertz CT molecular complexity index is 380. The quantitative estimate of drug-likeness (QED) is 0.237. The molecule has 0 aromatic rings. The van der Waals surface area contributed by atoms with Crippen LogP contribution in [0.4, 0.5) is 0 Å². The summed E-state index contributed by atoms with van der Waals surface area (Å²) in [6, 6.07) is 0. The number of nitrogens with two attached hydrogens (primary N) is 2. The lowest BCUT2D eigenvalue weighted by molar-refractivity contribution is -0.127. The van der Waals surface area contributed by atoms with Gasteiger partial charge in [-0.25, -0.2) is 0 Å². The second-order valence-corrected chi connectivity index (χ2v) is 7.50. The van der Waals surface area contributed by atoms with Crippen molar-refractivity contribution in [1.82, 2.24) is 0 Å². The Morgan fingerprint density at radius 3 is 1.65 bits per heavy atom. The number of allylic oxidation sites excluding steroid dienone is 2. The normalized spacial score (nSPS) is 12.5. The molecular formula is C22H42N2O2. The molecule has 0 bridgehead atoms. The minimum Gasteiger partial charge on any atom is -0.370 e. The third kappa shape index (κ3) is 17.5. The Hall–Kier alpha value is -1.32. The van der Waals surface area contributed by atoms with Gasteiger partial charge >= 0.3 is 0 Å². The van der Waals surface area contributed by atoms with Crippen molar-refractivity contribution < 1.29 is 9.59 Å². The van der Waals surface area contributed by atoms with Crippen molar-refractivity contribution in [3.05, 3.63) is 12.2 Å². The Balaban J connectivity index is 3.37. The fourth-order valence-corrected chi connectivity index (χ4v) is 3.22. The van der Waals surface area contributed by atoms with Gasteiger partial charge in [-0.3, -0.25) is 9.59 Å². The molecule has 4 nitrogen and oxygen atoms in total. The van der Waals surface area contributed by atoms with Gasteiger partial charge < -0.3 is 11.5 Å². The van der Waals surface area contributed by atoms with Gasteiger partial charge in [-0.2, -0.15) is 0 Å². The number of hydrogen-bond acceptors (Lipinski definition) is 2. The summed E-state index contributed by atoms with van der Waals surface area (Å²) in [6.45, 7) is 2.27. The van der Waals surface area contributed by atoms with Crippen LogP contribution in [0.2, 0.25) is 0 Å². The first-order valence-electron chi connectivity index (χ1n) is 10.8. The molecule has 0 aromatic carbocycles. The van der Waals surface area contributed by atoms with Crippen molar-refractivity contribution in [2.45, 2.75) is 110 Å². The molecule has 2 amide bonds. The molecular weight excluding hydrogens is 324 g/mol. The lowest BCUT2D eigenvalue weighted by atomic mass is 9.98. The molecule has 0 saturated carbocycles. The van der Waals surface area contributed by atoms with E-state index in [0.29, 0.717) is 6.42 Å². The maximum atomic E-state index is 11.2. The second-order valence-electron chi connectivity index (χ2n) is 7.50. The van der Waals surface area contributed by atoms with E-state index in [9.17, 15) is 9.59 Å².